The minimum Gasteiger partial charge on any atom is -0.356 e. The van der Waals surface area contributed by atoms with Crippen molar-refractivity contribution >= 4 is 51.3 Å². The van der Waals surface area contributed by atoms with E-state index in [2.05, 4.69) is 41.6 Å². The molecule has 1 atom stereocenters. The SMILES string of the molecule is CN=C(NCC1CCN(S(=O)(=O)c2ccccc2)CC1)NC(C)Cc1ccc(C)s1.I. The zero-order chi connectivity index (χ0) is 21.6. The second-order valence-corrected chi connectivity index (χ2v) is 11.2. The van der Waals surface area contributed by atoms with E-state index >= 15 is 0 Å². The van der Waals surface area contributed by atoms with E-state index in [1.165, 1.54) is 9.75 Å². The Morgan fingerprint density at radius 1 is 1.19 bits per heavy atom. The molecule has 2 N–H and O–H groups in total. The van der Waals surface area contributed by atoms with Crippen LogP contribution in [-0.4, -0.2) is 51.4 Å². The van der Waals surface area contributed by atoms with E-state index in [4.69, 9.17) is 0 Å². The van der Waals surface area contributed by atoms with Gasteiger partial charge in [-0.25, -0.2) is 8.42 Å². The van der Waals surface area contributed by atoms with Gasteiger partial charge in [-0.1, -0.05) is 18.2 Å². The average Bonchev–Trinajstić information content (AvgIpc) is 3.16. The summed E-state index contributed by atoms with van der Waals surface area (Å²) in [7, 11) is -1.60. The minimum atomic E-state index is -3.39. The van der Waals surface area contributed by atoms with Crippen LogP contribution in [0.1, 0.15) is 29.5 Å². The predicted octanol–water partition coefficient (Wildman–Crippen LogP) is 3.87. The number of hydrogen-bond donors (Lipinski definition) is 2. The second kappa shape index (κ2) is 12.2. The molecule has 1 saturated heterocycles. The van der Waals surface area contributed by atoms with E-state index in [1.807, 2.05) is 17.4 Å². The maximum atomic E-state index is 12.8. The first-order valence-corrected chi connectivity index (χ1v) is 12.7. The van der Waals surface area contributed by atoms with Crippen molar-refractivity contribution in [3.63, 3.8) is 0 Å². The van der Waals surface area contributed by atoms with Crippen LogP contribution in [0.25, 0.3) is 0 Å². The lowest BCUT2D eigenvalue weighted by atomic mass is 9.98. The van der Waals surface area contributed by atoms with Gasteiger partial charge in [-0.15, -0.1) is 35.3 Å². The summed E-state index contributed by atoms with van der Waals surface area (Å²) < 4.78 is 27.1. The van der Waals surface area contributed by atoms with Gasteiger partial charge >= 0.3 is 0 Å². The summed E-state index contributed by atoms with van der Waals surface area (Å²) in [6.07, 6.45) is 2.66. The highest BCUT2D eigenvalue weighted by Crippen LogP contribution is 2.23. The van der Waals surface area contributed by atoms with Crippen LogP contribution in [0.15, 0.2) is 52.4 Å². The molecule has 0 spiro atoms. The van der Waals surface area contributed by atoms with Gasteiger partial charge in [-0.2, -0.15) is 4.31 Å². The first kappa shape index (κ1) is 26.1. The normalized spacial score (nSPS) is 17.1. The van der Waals surface area contributed by atoms with Gasteiger partial charge in [0.1, 0.15) is 0 Å². The van der Waals surface area contributed by atoms with Gasteiger partial charge in [-0.05, 0) is 56.9 Å². The van der Waals surface area contributed by atoms with Gasteiger partial charge in [0.2, 0.25) is 10.0 Å². The van der Waals surface area contributed by atoms with Gasteiger partial charge in [0.25, 0.3) is 0 Å². The molecule has 2 aromatic rings. The molecule has 31 heavy (non-hydrogen) atoms. The molecule has 0 aliphatic carbocycles. The number of halogens is 1. The van der Waals surface area contributed by atoms with Crippen LogP contribution in [0.3, 0.4) is 0 Å². The Bertz CT molecular complexity index is 939. The number of aliphatic imine (C=N–C) groups is 1. The lowest BCUT2D eigenvalue weighted by molar-refractivity contribution is 0.273. The van der Waals surface area contributed by atoms with Crippen molar-refractivity contribution in [1.82, 2.24) is 14.9 Å². The summed E-state index contributed by atoms with van der Waals surface area (Å²) in [6.45, 7) is 6.20. The monoisotopic (exact) mass is 576 g/mol. The number of sulfonamides is 1. The van der Waals surface area contributed by atoms with Crippen LogP contribution in [0.2, 0.25) is 0 Å². The van der Waals surface area contributed by atoms with Crippen molar-refractivity contribution in [2.24, 2.45) is 10.9 Å². The lowest BCUT2D eigenvalue weighted by Crippen LogP contribution is -2.46. The first-order valence-electron chi connectivity index (χ1n) is 10.5. The number of hydrogen-bond acceptors (Lipinski definition) is 4. The summed E-state index contributed by atoms with van der Waals surface area (Å²) in [5.74, 6) is 1.23. The number of nitrogens with one attached hydrogen (secondary N) is 2. The number of benzene rings is 1. The summed E-state index contributed by atoms with van der Waals surface area (Å²) in [5, 5.41) is 6.88. The van der Waals surface area contributed by atoms with Crippen molar-refractivity contribution in [1.29, 1.82) is 0 Å². The van der Waals surface area contributed by atoms with Crippen LogP contribution < -0.4 is 10.6 Å². The third-order valence-electron chi connectivity index (χ3n) is 5.42. The molecule has 3 rings (SSSR count). The molecule has 0 radical (unpaired) electrons. The average molecular weight is 577 g/mol. The van der Waals surface area contributed by atoms with Crippen molar-refractivity contribution in [2.75, 3.05) is 26.7 Å². The zero-order valence-electron chi connectivity index (χ0n) is 18.4. The van der Waals surface area contributed by atoms with Gasteiger partial charge < -0.3 is 10.6 Å². The van der Waals surface area contributed by atoms with Crippen LogP contribution >= 0.6 is 35.3 Å². The number of nitrogens with zero attached hydrogens (tertiary/aromatic N) is 2. The molecule has 0 bridgehead atoms. The van der Waals surface area contributed by atoms with E-state index in [0.717, 1.165) is 31.8 Å². The third kappa shape index (κ3) is 7.44. The summed E-state index contributed by atoms with van der Waals surface area (Å²) >= 11 is 1.83. The van der Waals surface area contributed by atoms with Gasteiger partial charge in [0.05, 0.1) is 4.90 Å². The summed E-state index contributed by atoms with van der Waals surface area (Å²) in [4.78, 5) is 7.42. The highest BCUT2D eigenvalue weighted by molar-refractivity contribution is 14.0. The molecule has 0 amide bonds. The van der Waals surface area contributed by atoms with Gasteiger partial charge in [-0.3, -0.25) is 4.99 Å². The number of piperidine rings is 1. The lowest BCUT2D eigenvalue weighted by Gasteiger charge is -2.31. The molecule has 9 heteroatoms. The Morgan fingerprint density at radius 3 is 2.45 bits per heavy atom. The Hall–Kier alpha value is -1.17. The molecular formula is C22H33IN4O2S2. The largest absolute Gasteiger partial charge is 0.356 e. The standard InChI is InChI=1S/C22H32N4O2S2.HI/c1-17(15-20-10-9-18(2)29-20)25-22(23-3)24-16-19-11-13-26(14-12-19)30(27,28)21-7-5-4-6-8-21;/h4-10,17,19H,11-16H2,1-3H3,(H2,23,24,25);1H. The molecule has 1 aromatic carbocycles. The number of thiophene rings is 1. The van der Waals surface area contributed by atoms with Crippen LogP contribution in [0, 0.1) is 12.8 Å². The second-order valence-electron chi connectivity index (χ2n) is 7.88. The summed E-state index contributed by atoms with van der Waals surface area (Å²) in [6, 6.07) is 13.3. The van der Waals surface area contributed by atoms with Crippen molar-refractivity contribution in [3.8, 4) is 0 Å². The third-order valence-corrected chi connectivity index (χ3v) is 8.36. The Balaban J connectivity index is 0.00000341. The smallest absolute Gasteiger partial charge is 0.243 e. The molecule has 1 aromatic heterocycles. The van der Waals surface area contributed by atoms with Gasteiger partial charge in [0, 0.05) is 48.9 Å². The first-order chi connectivity index (χ1) is 14.4. The zero-order valence-corrected chi connectivity index (χ0v) is 22.3. The molecule has 1 unspecified atom stereocenters. The van der Waals surface area contributed by atoms with Crippen molar-refractivity contribution in [3.05, 3.63) is 52.2 Å². The predicted molar refractivity (Wildman–Crippen MR) is 140 cm³/mol. The van der Waals surface area contributed by atoms with E-state index < -0.39 is 10.0 Å². The molecule has 2 heterocycles. The number of rotatable bonds is 7. The molecule has 6 nitrogen and oxygen atoms in total. The Morgan fingerprint density at radius 2 is 1.87 bits per heavy atom. The van der Waals surface area contributed by atoms with Gasteiger partial charge in [0.15, 0.2) is 5.96 Å². The molecular weight excluding hydrogens is 543 g/mol. The number of aryl methyl sites for hydroxylation is 1. The highest BCUT2D eigenvalue weighted by Gasteiger charge is 2.29. The fourth-order valence-corrected chi connectivity index (χ4v) is 6.22. The molecule has 172 valence electrons. The Kier molecular flexibility index (Phi) is 10.2. The van der Waals surface area contributed by atoms with Crippen molar-refractivity contribution < 1.29 is 8.42 Å². The van der Waals surface area contributed by atoms with Crippen LogP contribution in [-0.2, 0) is 16.4 Å². The summed E-state index contributed by atoms with van der Waals surface area (Å²) in [5.41, 5.74) is 0. The van der Waals surface area contributed by atoms with E-state index in [-0.39, 0.29) is 30.0 Å². The fraction of sp³-hybridized carbons (Fsp3) is 0.500. The minimum absolute atomic E-state index is 0. The molecule has 1 aliphatic heterocycles. The van der Waals surface area contributed by atoms with Crippen LogP contribution in [0.4, 0.5) is 0 Å². The topological polar surface area (TPSA) is 73.8 Å². The maximum absolute atomic E-state index is 12.8. The molecule has 0 saturated carbocycles. The van der Waals surface area contributed by atoms with Crippen LogP contribution in [0.5, 0.6) is 0 Å². The van der Waals surface area contributed by atoms with E-state index in [9.17, 15) is 8.42 Å². The fourth-order valence-electron chi connectivity index (χ4n) is 3.71. The maximum Gasteiger partial charge on any atom is 0.243 e. The van der Waals surface area contributed by atoms with Crippen molar-refractivity contribution in [2.45, 2.75) is 44.0 Å². The van der Waals surface area contributed by atoms with E-state index in [0.29, 0.717) is 23.9 Å². The highest BCUT2D eigenvalue weighted by atomic mass is 127. The molecule has 1 fully saturated rings. The quantitative estimate of drug-likeness (QED) is 0.298. The Labute approximate surface area is 207 Å². The molecule has 1 aliphatic rings. The number of guanidine groups is 1. The van der Waals surface area contributed by atoms with E-state index in [1.54, 1.807) is 35.6 Å².